The van der Waals surface area contributed by atoms with Gasteiger partial charge in [0.1, 0.15) is 0 Å². The fourth-order valence-corrected chi connectivity index (χ4v) is 2.78. The van der Waals surface area contributed by atoms with Gasteiger partial charge in [0.15, 0.2) is 0 Å². The molecule has 0 saturated carbocycles. The lowest BCUT2D eigenvalue weighted by atomic mass is 9.83. The van der Waals surface area contributed by atoms with Gasteiger partial charge in [-0.1, -0.05) is 56.0 Å². The first-order valence-electron chi connectivity index (χ1n) is 5.79. The minimum absolute atomic E-state index is 0.333. The molecular formula is C13H19Cl2N. The maximum atomic E-state index is 6.22. The summed E-state index contributed by atoms with van der Waals surface area (Å²) in [6.45, 7) is 5.02. The molecule has 0 aliphatic carbocycles. The molecule has 0 aromatic heterocycles. The molecule has 1 atom stereocenters. The molecule has 0 aliphatic heterocycles. The van der Waals surface area contributed by atoms with Crippen molar-refractivity contribution in [1.82, 2.24) is 0 Å². The Hall–Kier alpha value is -0.240. The molecule has 1 aromatic rings. The van der Waals surface area contributed by atoms with E-state index in [4.69, 9.17) is 28.9 Å². The second-order valence-corrected chi connectivity index (χ2v) is 4.93. The van der Waals surface area contributed by atoms with Gasteiger partial charge in [-0.2, -0.15) is 0 Å². The van der Waals surface area contributed by atoms with Crippen LogP contribution in [0.1, 0.15) is 38.2 Å². The van der Waals surface area contributed by atoms with Crippen molar-refractivity contribution in [3.8, 4) is 0 Å². The number of benzene rings is 1. The van der Waals surface area contributed by atoms with Gasteiger partial charge >= 0.3 is 0 Å². The summed E-state index contributed by atoms with van der Waals surface area (Å²) < 4.78 is 0. The summed E-state index contributed by atoms with van der Waals surface area (Å²) in [6.07, 6.45) is 2.24. The Bertz CT molecular complexity index is 335. The third-order valence-corrected chi connectivity index (χ3v) is 3.80. The summed E-state index contributed by atoms with van der Waals surface area (Å²) in [6, 6.07) is 5.68. The SMILES string of the molecule is CCC(CC)C(CN)c1ccc(Cl)cc1Cl. The van der Waals surface area contributed by atoms with Crippen LogP contribution in [0.4, 0.5) is 0 Å². The minimum Gasteiger partial charge on any atom is -0.330 e. The molecule has 16 heavy (non-hydrogen) atoms. The van der Waals surface area contributed by atoms with Crippen molar-refractivity contribution in [2.24, 2.45) is 11.7 Å². The molecule has 0 saturated heterocycles. The van der Waals surface area contributed by atoms with Gasteiger partial charge in [0.25, 0.3) is 0 Å². The third-order valence-electron chi connectivity index (χ3n) is 3.23. The highest BCUT2D eigenvalue weighted by molar-refractivity contribution is 6.35. The van der Waals surface area contributed by atoms with E-state index in [2.05, 4.69) is 13.8 Å². The molecule has 1 aromatic carbocycles. The zero-order valence-electron chi connectivity index (χ0n) is 9.84. The average Bonchev–Trinajstić information content (AvgIpc) is 2.27. The van der Waals surface area contributed by atoms with E-state index < -0.39 is 0 Å². The molecule has 0 radical (unpaired) electrons. The molecular weight excluding hydrogens is 241 g/mol. The quantitative estimate of drug-likeness (QED) is 0.830. The molecule has 1 nitrogen and oxygen atoms in total. The molecule has 2 N–H and O–H groups in total. The van der Waals surface area contributed by atoms with Crippen molar-refractivity contribution in [2.45, 2.75) is 32.6 Å². The zero-order chi connectivity index (χ0) is 12.1. The number of hydrogen-bond donors (Lipinski definition) is 1. The monoisotopic (exact) mass is 259 g/mol. The Balaban J connectivity index is 3.03. The van der Waals surface area contributed by atoms with Crippen LogP contribution in [0.5, 0.6) is 0 Å². The van der Waals surface area contributed by atoms with E-state index in [0.717, 1.165) is 23.4 Å². The Morgan fingerprint density at radius 1 is 1.19 bits per heavy atom. The van der Waals surface area contributed by atoms with Crippen molar-refractivity contribution in [1.29, 1.82) is 0 Å². The van der Waals surface area contributed by atoms with Crippen LogP contribution in [0.3, 0.4) is 0 Å². The third kappa shape index (κ3) is 3.13. The highest BCUT2D eigenvalue weighted by atomic mass is 35.5. The van der Waals surface area contributed by atoms with Gasteiger partial charge in [-0.25, -0.2) is 0 Å². The second kappa shape index (κ2) is 6.48. The largest absolute Gasteiger partial charge is 0.330 e. The Morgan fingerprint density at radius 3 is 2.25 bits per heavy atom. The van der Waals surface area contributed by atoms with Crippen LogP contribution in [-0.4, -0.2) is 6.54 Å². The van der Waals surface area contributed by atoms with Crippen molar-refractivity contribution >= 4 is 23.2 Å². The maximum Gasteiger partial charge on any atom is 0.0456 e. The Labute approximate surface area is 108 Å². The highest BCUT2D eigenvalue weighted by Gasteiger charge is 2.21. The molecule has 0 spiro atoms. The zero-order valence-corrected chi connectivity index (χ0v) is 11.4. The van der Waals surface area contributed by atoms with E-state index >= 15 is 0 Å². The molecule has 1 unspecified atom stereocenters. The van der Waals surface area contributed by atoms with Crippen LogP contribution < -0.4 is 5.73 Å². The normalized spacial score (nSPS) is 13.1. The first kappa shape index (κ1) is 13.8. The summed E-state index contributed by atoms with van der Waals surface area (Å²) in [5, 5.41) is 1.41. The fraction of sp³-hybridized carbons (Fsp3) is 0.538. The van der Waals surface area contributed by atoms with Crippen molar-refractivity contribution in [2.75, 3.05) is 6.54 Å². The summed E-state index contributed by atoms with van der Waals surface area (Å²) in [5.41, 5.74) is 7.00. The van der Waals surface area contributed by atoms with E-state index in [1.54, 1.807) is 6.07 Å². The van der Waals surface area contributed by atoms with Crippen LogP contribution in [0.2, 0.25) is 10.0 Å². The van der Waals surface area contributed by atoms with Gasteiger partial charge in [0.05, 0.1) is 0 Å². The molecule has 0 fully saturated rings. The Morgan fingerprint density at radius 2 is 1.81 bits per heavy atom. The topological polar surface area (TPSA) is 26.0 Å². The molecule has 90 valence electrons. The van der Waals surface area contributed by atoms with Crippen molar-refractivity contribution < 1.29 is 0 Å². The first-order valence-corrected chi connectivity index (χ1v) is 6.54. The lowest BCUT2D eigenvalue weighted by Crippen LogP contribution is -2.21. The standard InChI is InChI=1S/C13H19Cl2N/c1-3-9(4-2)12(8-16)11-6-5-10(14)7-13(11)15/h5-7,9,12H,3-4,8,16H2,1-2H3. The number of rotatable bonds is 5. The van der Waals surface area contributed by atoms with Crippen LogP contribution in [0.15, 0.2) is 18.2 Å². The minimum atomic E-state index is 0.333. The van der Waals surface area contributed by atoms with Gasteiger partial charge in [-0.05, 0) is 30.2 Å². The predicted molar refractivity (Wildman–Crippen MR) is 72.3 cm³/mol. The lowest BCUT2D eigenvalue weighted by molar-refractivity contribution is 0.402. The molecule has 1 rings (SSSR count). The van der Waals surface area contributed by atoms with Gasteiger partial charge in [-0.3, -0.25) is 0 Å². The molecule has 3 heteroatoms. The van der Waals surface area contributed by atoms with Crippen LogP contribution in [-0.2, 0) is 0 Å². The van der Waals surface area contributed by atoms with Crippen molar-refractivity contribution in [3.63, 3.8) is 0 Å². The fourth-order valence-electron chi connectivity index (χ4n) is 2.23. The lowest BCUT2D eigenvalue weighted by Gasteiger charge is -2.25. The molecule has 0 bridgehead atoms. The number of hydrogen-bond acceptors (Lipinski definition) is 1. The highest BCUT2D eigenvalue weighted by Crippen LogP contribution is 2.34. The maximum absolute atomic E-state index is 6.22. The van der Waals surface area contributed by atoms with E-state index in [0.29, 0.717) is 23.4 Å². The van der Waals surface area contributed by atoms with E-state index in [9.17, 15) is 0 Å². The van der Waals surface area contributed by atoms with Gasteiger partial charge in [-0.15, -0.1) is 0 Å². The van der Waals surface area contributed by atoms with E-state index in [1.165, 1.54) is 0 Å². The smallest absolute Gasteiger partial charge is 0.0456 e. The average molecular weight is 260 g/mol. The summed E-state index contributed by atoms with van der Waals surface area (Å²) in [7, 11) is 0. The van der Waals surface area contributed by atoms with Crippen molar-refractivity contribution in [3.05, 3.63) is 33.8 Å². The van der Waals surface area contributed by atoms with Crippen LogP contribution >= 0.6 is 23.2 Å². The van der Waals surface area contributed by atoms with E-state index in [1.807, 2.05) is 12.1 Å². The van der Waals surface area contributed by atoms with Gasteiger partial charge in [0, 0.05) is 16.0 Å². The summed E-state index contributed by atoms with van der Waals surface area (Å²) >= 11 is 12.1. The summed E-state index contributed by atoms with van der Waals surface area (Å²) in [4.78, 5) is 0. The Kier molecular flexibility index (Phi) is 5.60. The molecule has 0 heterocycles. The second-order valence-electron chi connectivity index (χ2n) is 4.08. The summed E-state index contributed by atoms with van der Waals surface area (Å²) in [5.74, 6) is 0.920. The number of halogens is 2. The van der Waals surface area contributed by atoms with Gasteiger partial charge in [0.2, 0.25) is 0 Å². The predicted octanol–water partition coefficient (Wildman–Crippen LogP) is 4.47. The van der Waals surface area contributed by atoms with Crippen LogP contribution in [0, 0.1) is 5.92 Å². The van der Waals surface area contributed by atoms with Crippen LogP contribution in [0.25, 0.3) is 0 Å². The van der Waals surface area contributed by atoms with E-state index in [-0.39, 0.29) is 0 Å². The molecule has 0 aliphatic rings. The number of nitrogens with two attached hydrogens (primary N) is 1. The molecule has 0 amide bonds. The first-order chi connectivity index (χ1) is 7.63. The van der Waals surface area contributed by atoms with Gasteiger partial charge < -0.3 is 5.73 Å².